The Labute approximate surface area is 112 Å². The summed E-state index contributed by atoms with van der Waals surface area (Å²) in [5.41, 5.74) is 0.609. The Morgan fingerprint density at radius 3 is 3.00 bits per heavy atom. The van der Waals surface area contributed by atoms with Crippen LogP contribution in [0.3, 0.4) is 0 Å². The van der Waals surface area contributed by atoms with Gasteiger partial charge in [0.25, 0.3) is 0 Å². The van der Waals surface area contributed by atoms with E-state index in [1.165, 1.54) is 4.31 Å². The third-order valence-corrected chi connectivity index (χ3v) is 5.19. The standard InChI is InChI=1S/C11H19N3O4S/c1-8-6-14(4-3-5-18-8)19(16,17)11-9(2)12-13-10(11)7-15/h8,15H,3-7H2,1-2H3,(H,12,13). The summed E-state index contributed by atoms with van der Waals surface area (Å²) in [6.07, 6.45) is 0.525. The lowest BCUT2D eigenvalue weighted by Gasteiger charge is -2.21. The van der Waals surface area contributed by atoms with Crippen LogP contribution in [0.15, 0.2) is 4.90 Å². The number of nitrogens with one attached hydrogen (secondary N) is 1. The highest BCUT2D eigenvalue weighted by atomic mass is 32.2. The predicted octanol–water partition coefficient (Wildman–Crippen LogP) is 0.00992. The van der Waals surface area contributed by atoms with Crippen LogP contribution in [-0.4, -0.2) is 53.8 Å². The average Bonchev–Trinajstić information content (AvgIpc) is 2.59. The molecule has 1 atom stereocenters. The molecule has 0 radical (unpaired) electrons. The maximum Gasteiger partial charge on any atom is 0.246 e. The van der Waals surface area contributed by atoms with E-state index in [1.54, 1.807) is 6.92 Å². The zero-order chi connectivity index (χ0) is 14.0. The van der Waals surface area contributed by atoms with E-state index in [-0.39, 0.29) is 16.7 Å². The van der Waals surface area contributed by atoms with Crippen molar-refractivity contribution in [2.45, 2.75) is 37.9 Å². The Hall–Kier alpha value is -0.960. The monoisotopic (exact) mass is 289 g/mol. The van der Waals surface area contributed by atoms with Crippen molar-refractivity contribution in [3.63, 3.8) is 0 Å². The molecule has 108 valence electrons. The highest BCUT2D eigenvalue weighted by Gasteiger charge is 2.32. The van der Waals surface area contributed by atoms with Gasteiger partial charge in [0.05, 0.1) is 18.4 Å². The lowest BCUT2D eigenvalue weighted by atomic mass is 10.4. The first-order valence-corrected chi connectivity index (χ1v) is 7.67. The molecule has 1 fully saturated rings. The van der Waals surface area contributed by atoms with Crippen molar-refractivity contribution in [3.8, 4) is 0 Å². The van der Waals surface area contributed by atoms with Crippen LogP contribution >= 0.6 is 0 Å². The van der Waals surface area contributed by atoms with Crippen molar-refractivity contribution in [1.29, 1.82) is 0 Å². The van der Waals surface area contributed by atoms with Crippen molar-refractivity contribution in [1.82, 2.24) is 14.5 Å². The molecule has 2 rings (SSSR count). The Balaban J connectivity index is 2.38. The van der Waals surface area contributed by atoms with Crippen LogP contribution in [-0.2, 0) is 21.4 Å². The molecule has 19 heavy (non-hydrogen) atoms. The lowest BCUT2D eigenvalue weighted by Crippen LogP contribution is -2.36. The van der Waals surface area contributed by atoms with Crippen LogP contribution in [0.25, 0.3) is 0 Å². The number of rotatable bonds is 3. The molecule has 0 saturated carbocycles. The van der Waals surface area contributed by atoms with E-state index in [1.807, 2.05) is 6.92 Å². The summed E-state index contributed by atoms with van der Waals surface area (Å²) < 4.78 is 32.2. The Morgan fingerprint density at radius 2 is 2.32 bits per heavy atom. The normalized spacial score (nSPS) is 22.4. The number of nitrogens with zero attached hydrogens (tertiary/aromatic N) is 2. The molecular formula is C11H19N3O4S. The second kappa shape index (κ2) is 5.58. The molecule has 8 heteroatoms. The molecule has 1 aromatic heterocycles. The van der Waals surface area contributed by atoms with Gasteiger partial charge in [0.2, 0.25) is 10.0 Å². The molecule has 1 aliphatic rings. The second-order valence-electron chi connectivity index (χ2n) is 4.68. The van der Waals surface area contributed by atoms with E-state index in [2.05, 4.69) is 10.2 Å². The van der Waals surface area contributed by atoms with Gasteiger partial charge in [-0.15, -0.1) is 0 Å². The Morgan fingerprint density at radius 1 is 1.58 bits per heavy atom. The highest BCUT2D eigenvalue weighted by molar-refractivity contribution is 7.89. The van der Waals surface area contributed by atoms with E-state index in [9.17, 15) is 13.5 Å². The SMILES string of the molecule is Cc1[nH]nc(CO)c1S(=O)(=O)N1CCCOC(C)C1. The summed E-state index contributed by atoms with van der Waals surface area (Å²) in [4.78, 5) is 0.0871. The van der Waals surface area contributed by atoms with Gasteiger partial charge >= 0.3 is 0 Å². The summed E-state index contributed by atoms with van der Waals surface area (Å²) in [7, 11) is -3.65. The Bertz CT molecular complexity index is 540. The Kier molecular flexibility index (Phi) is 4.24. The number of hydrogen-bond donors (Lipinski definition) is 2. The molecule has 0 aromatic carbocycles. The van der Waals surface area contributed by atoms with Gasteiger partial charge in [-0.3, -0.25) is 5.10 Å². The number of aryl methyl sites for hydroxylation is 1. The van der Waals surface area contributed by atoms with E-state index >= 15 is 0 Å². The van der Waals surface area contributed by atoms with Crippen LogP contribution < -0.4 is 0 Å². The molecule has 7 nitrogen and oxygen atoms in total. The van der Waals surface area contributed by atoms with Crippen molar-refractivity contribution in [3.05, 3.63) is 11.4 Å². The minimum atomic E-state index is -3.65. The minimum absolute atomic E-state index is 0.0871. The summed E-state index contributed by atoms with van der Waals surface area (Å²) in [5, 5.41) is 15.6. The smallest absolute Gasteiger partial charge is 0.246 e. The van der Waals surface area contributed by atoms with Crippen LogP contribution in [0, 0.1) is 6.92 Å². The zero-order valence-electron chi connectivity index (χ0n) is 11.1. The van der Waals surface area contributed by atoms with Crippen LogP contribution in [0.1, 0.15) is 24.7 Å². The molecule has 1 aliphatic heterocycles. The molecule has 0 aliphatic carbocycles. The fraction of sp³-hybridized carbons (Fsp3) is 0.727. The fourth-order valence-corrected chi connectivity index (χ4v) is 4.10. The van der Waals surface area contributed by atoms with Gasteiger partial charge in [0.1, 0.15) is 10.6 Å². The number of H-pyrrole nitrogens is 1. The van der Waals surface area contributed by atoms with E-state index in [4.69, 9.17) is 4.74 Å². The number of sulfonamides is 1. The van der Waals surface area contributed by atoms with Gasteiger partial charge in [0, 0.05) is 19.7 Å². The number of aliphatic hydroxyl groups is 1. The number of aliphatic hydroxyl groups excluding tert-OH is 1. The van der Waals surface area contributed by atoms with Gasteiger partial charge < -0.3 is 9.84 Å². The minimum Gasteiger partial charge on any atom is -0.390 e. The summed E-state index contributed by atoms with van der Waals surface area (Å²) in [5.74, 6) is 0. The topological polar surface area (TPSA) is 95.5 Å². The average molecular weight is 289 g/mol. The van der Waals surface area contributed by atoms with Crippen LogP contribution in [0.4, 0.5) is 0 Å². The molecule has 1 aromatic rings. The molecule has 1 saturated heterocycles. The van der Waals surface area contributed by atoms with Crippen molar-refractivity contribution < 1.29 is 18.3 Å². The van der Waals surface area contributed by atoms with E-state index in [0.29, 0.717) is 31.8 Å². The van der Waals surface area contributed by atoms with Gasteiger partial charge in [-0.1, -0.05) is 0 Å². The van der Waals surface area contributed by atoms with Crippen molar-refractivity contribution in [2.24, 2.45) is 0 Å². The maximum atomic E-state index is 12.6. The zero-order valence-corrected chi connectivity index (χ0v) is 11.9. The molecule has 0 spiro atoms. The first-order chi connectivity index (χ1) is 8.96. The predicted molar refractivity (Wildman–Crippen MR) is 68.0 cm³/mol. The number of aromatic nitrogens is 2. The van der Waals surface area contributed by atoms with Crippen LogP contribution in [0.2, 0.25) is 0 Å². The molecule has 0 amide bonds. The van der Waals surface area contributed by atoms with E-state index in [0.717, 1.165) is 0 Å². The largest absolute Gasteiger partial charge is 0.390 e. The molecule has 1 unspecified atom stereocenters. The quantitative estimate of drug-likeness (QED) is 0.817. The van der Waals surface area contributed by atoms with E-state index < -0.39 is 16.6 Å². The molecule has 0 bridgehead atoms. The highest BCUT2D eigenvalue weighted by Crippen LogP contribution is 2.24. The summed E-state index contributed by atoms with van der Waals surface area (Å²) in [6.45, 7) is 4.38. The molecule has 2 N–H and O–H groups in total. The fourth-order valence-electron chi connectivity index (χ4n) is 2.22. The van der Waals surface area contributed by atoms with Crippen molar-refractivity contribution >= 4 is 10.0 Å². The van der Waals surface area contributed by atoms with Crippen molar-refractivity contribution in [2.75, 3.05) is 19.7 Å². The third-order valence-electron chi connectivity index (χ3n) is 3.12. The number of aromatic amines is 1. The number of hydrogen-bond acceptors (Lipinski definition) is 5. The lowest BCUT2D eigenvalue weighted by molar-refractivity contribution is 0.0752. The summed E-state index contributed by atoms with van der Waals surface area (Å²) in [6, 6.07) is 0. The third kappa shape index (κ3) is 2.81. The van der Waals surface area contributed by atoms with Crippen LogP contribution in [0.5, 0.6) is 0 Å². The van der Waals surface area contributed by atoms with Gasteiger partial charge in [-0.25, -0.2) is 8.42 Å². The number of ether oxygens (including phenoxy) is 1. The first-order valence-electron chi connectivity index (χ1n) is 6.23. The maximum absolute atomic E-state index is 12.6. The van der Waals surface area contributed by atoms with Gasteiger partial charge in [0.15, 0.2) is 0 Å². The second-order valence-corrected chi connectivity index (χ2v) is 6.56. The summed E-state index contributed by atoms with van der Waals surface area (Å²) >= 11 is 0. The first kappa shape index (κ1) is 14.4. The molecule has 2 heterocycles. The van der Waals surface area contributed by atoms with Gasteiger partial charge in [-0.05, 0) is 20.3 Å². The molecular weight excluding hydrogens is 270 g/mol. The van der Waals surface area contributed by atoms with Gasteiger partial charge in [-0.2, -0.15) is 9.40 Å².